The number of phenolic OH excluding ortho intramolecular Hbond substituents is 1. The number of benzene rings is 1. The number of aromatic hydroxyl groups is 1. The third-order valence-corrected chi connectivity index (χ3v) is 3.11. The Balaban J connectivity index is 2.53. The molecule has 0 saturated carbocycles. The van der Waals surface area contributed by atoms with Gasteiger partial charge in [0, 0.05) is 19.0 Å². The predicted octanol–water partition coefficient (Wildman–Crippen LogP) is 2.06. The molecule has 1 aliphatic heterocycles. The minimum Gasteiger partial charge on any atom is -0.506 e. The Morgan fingerprint density at radius 2 is 2.29 bits per heavy atom. The highest BCUT2D eigenvalue weighted by Crippen LogP contribution is 2.39. The summed E-state index contributed by atoms with van der Waals surface area (Å²) in [4.78, 5) is 12.9. The molecule has 1 aromatic rings. The van der Waals surface area contributed by atoms with Gasteiger partial charge in [-0.2, -0.15) is 0 Å². The van der Waals surface area contributed by atoms with Gasteiger partial charge in [-0.1, -0.05) is 0 Å². The molecule has 1 aliphatic rings. The summed E-state index contributed by atoms with van der Waals surface area (Å²) < 4.78 is 0.682. The van der Waals surface area contributed by atoms with Crippen molar-refractivity contribution in [2.75, 3.05) is 11.4 Å². The van der Waals surface area contributed by atoms with Crippen LogP contribution in [0.1, 0.15) is 12.5 Å². The summed E-state index contributed by atoms with van der Waals surface area (Å²) in [5.41, 5.74) is 1.69. The molecule has 2 rings (SSSR count). The normalized spacial score (nSPS) is 14.3. The molecule has 14 heavy (non-hydrogen) atoms. The van der Waals surface area contributed by atoms with E-state index < -0.39 is 0 Å². The van der Waals surface area contributed by atoms with Gasteiger partial charge < -0.3 is 10.0 Å². The summed E-state index contributed by atoms with van der Waals surface area (Å²) >= 11 is 3.25. The molecule has 3 nitrogen and oxygen atoms in total. The van der Waals surface area contributed by atoms with E-state index in [0.29, 0.717) is 11.0 Å². The lowest BCUT2D eigenvalue weighted by atomic mass is 10.1. The second kappa shape index (κ2) is 3.28. The van der Waals surface area contributed by atoms with Gasteiger partial charge in [0.15, 0.2) is 0 Å². The Morgan fingerprint density at radius 1 is 1.57 bits per heavy atom. The van der Waals surface area contributed by atoms with Crippen LogP contribution in [-0.2, 0) is 11.2 Å². The summed E-state index contributed by atoms with van der Waals surface area (Å²) in [6, 6.07) is 3.61. The lowest BCUT2D eigenvalue weighted by Gasteiger charge is -2.14. The van der Waals surface area contributed by atoms with Crippen LogP contribution in [0.5, 0.6) is 5.75 Å². The highest BCUT2D eigenvalue weighted by molar-refractivity contribution is 9.10. The summed E-state index contributed by atoms with van der Waals surface area (Å²) in [7, 11) is 0. The quantitative estimate of drug-likeness (QED) is 0.771. The number of halogens is 1. The smallest absolute Gasteiger partial charge is 0.223 e. The van der Waals surface area contributed by atoms with E-state index >= 15 is 0 Å². The van der Waals surface area contributed by atoms with Crippen LogP contribution in [0.2, 0.25) is 0 Å². The number of amides is 1. The van der Waals surface area contributed by atoms with Crippen LogP contribution in [0.4, 0.5) is 5.69 Å². The number of carbonyl (C=O) groups is 1. The van der Waals surface area contributed by atoms with Gasteiger partial charge in [0.05, 0.1) is 10.2 Å². The molecule has 0 bridgehead atoms. The van der Waals surface area contributed by atoms with Crippen molar-refractivity contribution in [2.24, 2.45) is 0 Å². The molecule has 74 valence electrons. The average Bonchev–Trinajstić information content (AvgIpc) is 2.55. The van der Waals surface area contributed by atoms with Crippen molar-refractivity contribution in [3.8, 4) is 5.75 Å². The van der Waals surface area contributed by atoms with Crippen molar-refractivity contribution in [1.82, 2.24) is 0 Å². The van der Waals surface area contributed by atoms with Crippen LogP contribution in [-0.4, -0.2) is 17.6 Å². The summed E-state index contributed by atoms with van der Waals surface area (Å²) in [5.74, 6) is 0.275. The van der Waals surface area contributed by atoms with Crippen molar-refractivity contribution in [1.29, 1.82) is 0 Å². The van der Waals surface area contributed by atoms with E-state index in [4.69, 9.17) is 0 Å². The molecule has 0 fully saturated rings. The molecule has 0 unspecified atom stereocenters. The van der Waals surface area contributed by atoms with Crippen LogP contribution < -0.4 is 4.90 Å². The number of nitrogens with zero attached hydrogens (tertiary/aromatic N) is 1. The highest BCUT2D eigenvalue weighted by Gasteiger charge is 2.25. The predicted molar refractivity (Wildman–Crippen MR) is 57.5 cm³/mol. The van der Waals surface area contributed by atoms with Gasteiger partial charge in [-0.05, 0) is 34.5 Å². The van der Waals surface area contributed by atoms with Gasteiger partial charge in [0.1, 0.15) is 5.75 Å². The fourth-order valence-corrected chi connectivity index (χ4v) is 2.14. The van der Waals surface area contributed by atoms with Crippen molar-refractivity contribution in [2.45, 2.75) is 13.3 Å². The van der Waals surface area contributed by atoms with Crippen LogP contribution in [0.3, 0.4) is 0 Å². The summed E-state index contributed by atoms with van der Waals surface area (Å²) in [5, 5.41) is 9.73. The van der Waals surface area contributed by atoms with Crippen molar-refractivity contribution < 1.29 is 9.90 Å². The van der Waals surface area contributed by atoms with E-state index in [1.165, 1.54) is 6.92 Å². The first-order chi connectivity index (χ1) is 6.61. The lowest BCUT2D eigenvalue weighted by Crippen LogP contribution is -2.25. The fourth-order valence-electron chi connectivity index (χ4n) is 1.77. The third-order valence-electron chi connectivity index (χ3n) is 2.47. The number of rotatable bonds is 0. The zero-order valence-electron chi connectivity index (χ0n) is 7.75. The molecule has 1 N–H and O–H groups in total. The maximum atomic E-state index is 11.2. The molecule has 1 aromatic carbocycles. The first kappa shape index (κ1) is 9.52. The van der Waals surface area contributed by atoms with E-state index in [2.05, 4.69) is 15.9 Å². The number of hydrogen-bond acceptors (Lipinski definition) is 2. The molecule has 0 spiro atoms. The van der Waals surface area contributed by atoms with Crippen LogP contribution >= 0.6 is 15.9 Å². The molecular formula is C10H10BrNO2. The topological polar surface area (TPSA) is 40.5 Å². The maximum absolute atomic E-state index is 11.2. The van der Waals surface area contributed by atoms with Gasteiger partial charge in [0.25, 0.3) is 0 Å². The molecular weight excluding hydrogens is 246 g/mol. The zero-order chi connectivity index (χ0) is 10.3. The Labute approximate surface area is 90.5 Å². The second-order valence-corrected chi connectivity index (χ2v) is 4.17. The zero-order valence-corrected chi connectivity index (χ0v) is 9.34. The Kier molecular flexibility index (Phi) is 2.23. The lowest BCUT2D eigenvalue weighted by molar-refractivity contribution is -0.116. The highest BCUT2D eigenvalue weighted by atomic mass is 79.9. The number of phenols is 1. The van der Waals surface area contributed by atoms with E-state index in [9.17, 15) is 9.90 Å². The fraction of sp³-hybridized carbons (Fsp3) is 0.300. The molecule has 1 heterocycles. The van der Waals surface area contributed by atoms with E-state index in [1.807, 2.05) is 6.07 Å². The van der Waals surface area contributed by atoms with Gasteiger partial charge in [-0.25, -0.2) is 0 Å². The van der Waals surface area contributed by atoms with E-state index in [1.54, 1.807) is 11.0 Å². The Morgan fingerprint density at radius 3 is 2.93 bits per heavy atom. The van der Waals surface area contributed by atoms with Gasteiger partial charge in [0.2, 0.25) is 5.91 Å². The van der Waals surface area contributed by atoms with E-state index in [0.717, 1.165) is 17.7 Å². The summed E-state index contributed by atoms with van der Waals surface area (Å²) in [6.45, 7) is 2.20. The second-order valence-electron chi connectivity index (χ2n) is 3.31. The number of fused-ring (bicyclic) bond motifs is 1. The first-order valence-electron chi connectivity index (χ1n) is 4.39. The van der Waals surface area contributed by atoms with Crippen molar-refractivity contribution in [3.63, 3.8) is 0 Å². The van der Waals surface area contributed by atoms with Gasteiger partial charge in [-0.15, -0.1) is 0 Å². The number of anilines is 1. The van der Waals surface area contributed by atoms with E-state index in [-0.39, 0.29) is 11.7 Å². The molecule has 0 atom stereocenters. The first-order valence-corrected chi connectivity index (χ1v) is 5.19. The molecule has 0 aromatic heterocycles. The van der Waals surface area contributed by atoms with Crippen LogP contribution in [0.15, 0.2) is 16.6 Å². The Bertz CT molecular complexity index is 403. The van der Waals surface area contributed by atoms with Crippen LogP contribution in [0, 0.1) is 0 Å². The Hall–Kier alpha value is -1.03. The molecule has 0 saturated heterocycles. The SMILES string of the molecule is CC(=O)N1CCc2c1ccc(Br)c2O. The van der Waals surface area contributed by atoms with Crippen molar-refractivity contribution >= 4 is 27.5 Å². The standard InChI is InChI=1S/C10H10BrNO2/c1-6(13)12-5-4-7-9(12)3-2-8(11)10(7)14/h2-3,14H,4-5H2,1H3. The minimum absolute atomic E-state index is 0.0190. The summed E-state index contributed by atoms with van der Waals surface area (Å²) in [6.07, 6.45) is 0.722. The van der Waals surface area contributed by atoms with Crippen LogP contribution in [0.25, 0.3) is 0 Å². The van der Waals surface area contributed by atoms with Gasteiger partial charge >= 0.3 is 0 Å². The molecule has 1 amide bonds. The van der Waals surface area contributed by atoms with Gasteiger partial charge in [-0.3, -0.25) is 4.79 Å². The minimum atomic E-state index is 0.0190. The average molecular weight is 256 g/mol. The number of carbonyl (C=O) groups excluding carboxylic acids is 1. The molecule has 0 radical (unpaired) electrons. The molecule has 4 heteroatoms. The van der Waals surface area contributed by atoms with Crippen molar-refractivity contribution in [3.05, 3.63) is 22.2 Å². The number of hydrogen-bond donors (Lipinski definition) is 1. The third kappa shape index (κ3) is 1.30. The maximum Gasteiger partial charge on any atom is 0.223 e. The largest absolute Gasteiger partial charge is 0.506 e. The molecule has 0 aliphatic carbocycles. The monoisotopic (exact) mass is 255 g/mol.